The maximum atomic E-state index is 13.2. The molecule has 0 radical (unpaired) electrons. The lowest BCUT2D eigenvalue weighted by molar-refractivity contribution is 0.103. The van der Waals surface area contributed by atoms with Gasteiger partial charge in [-0.1, -0.05) is 30.7 Å². The zero-order valence-corrected chi connectivity index (χ0v) is 12.9. The molecule has 2 aromatic carbocycles. The van der Waals surface area contributed by atoms with Crippen LogP contribution in [0.2, 0.25) is 0 Å². The molecular formula is C19H19F2NO. The first-order chi connectivity index (χ1) is 11.1. The third-order valence-corrected chi connectivity index (χ3v) is 4.25. The Morgan fingerprint density at radius 3 is 2.17 bits per heavy atom. The van der Waals surface area contributed by atoms with Gasteiger partial charge in [-0.15, -0.1) is 0 Å². The lowest BCUT2D eigenvalue weighted by Gasteiger charge is -2.26. The molecule has 0 aliphatic carbocycles. The van der Waals surface area contributed by atoms with Crippen molar-refractivity contribution in [3.05, 3.63) is 70.8 Å². The van der Waals surface area contributed by atoms with Crippen LogP contribution in [0.1, 0.15) is 40.7 Å². The van der Waals surface area contributed by atoms with Crippen LogP contribution >= 0.6 is 0 Å². The van der Waals surface area contributed by atoms with Crippen molar-refractivity contribution >= 4 is 5.78 Å². The summed E-state index contributed by atoms with van der Waals surface area (Å²) in [5.74, 6) is -2.25. The monoisotopic (exact) mass is 315 g/mol. The van der Waals surface area contributed by atoms with Gasteiger partial charge in [0, 0.05) is 17.7 Å². The van der Waals surface area contributed by atoms with Crippen molar-refractivity contribution in [1.29, 1.82) is 0 Å². The molecule has 2 aromatic rings. The largest absolute Gasteiger partial charge is 0.299 e. The third-order valence-electron chi connectivity index (χ3n) is 4.25. The molecule has 0 N–H and O–H groups in total. The molecule has 0 unspecified atom stereocenters. The molecule has 4 heteroatoms. The highest BCUT2D eigenvalue weighted by atomic mass is 19.2. The number of rotatable bonds is 4. The van der Waals surface area contributed by atoms with E-state index in [2.05, 4.69) is 4.90 Å². The number of carbonyl (C=O) groups is 1. The Bertz CT molecular complexity index is 691. The Morgan fingerprint density at radius 2 is 1.52 bits per heavy atom. The lowest BCUT2D eigenvalue weighted by Crippen LogP contribution is -2.29. The molecule has 0 bridgehead atoms. The van der Waals surface area contributed by atoms with Crippen molar-refractivity contribution in [3.63, 3.8) is 0 Å². The van der Waals surface area contributed by atoms with Gasteiger partial charge in [0.25, 0.3) is 0 Å². The van der Waals surface area contributed by atoms with Gasteiger partial charge in [-0.3, -0.25) is 9.69 Å². The molecule has 0 atom stereocenters. The van der Waals surface area contributed by atoms with E-state index in [1.165, 1.54) is 25.3 Å². The maximum absolute atomic E-state index is 13.2. The van der Waals surface area contributed by atoms with Crippen LogP contribution in [0.25, 0.3) is 0 Å². The summed E-state index contributed by atoms with van der Waals surface area (Å²) in [5.41, 5.74) is 1.81. The van der Waals surface area contributed by atoms with Gasteiger partial charge in [-0.25, -0.2) is 8.78 Å². The fourth-order valence-corrected chi connectivity index (χ4v) is 2.94. The van der Waals surface area contributed by atoms with E-state index >= 15 is 0 Å². The third kappa shape index (κ3) is 3.82. The molecule has 0 aromatic heterocycles. The highest BCUT2D eigenvalue weighted by Crippen LogP contribution is 2.16. The van der Waals surface area contributed by atoms with Gasteiger partial charge in [-0.05, 0) is 49.7 Å². The predicted octanol–water partition coefficient (Wildman–Crippen LogP) is 4.18. The first-order valence-electron chi connectivity index (χ1n) is 7.94. The molecular weight excluding hydrogens is 296 g/mol. The summed E-state index contributed by atoms with van der Waals surface area (Å²) in [6.45, 7) is 3.13. The van der Waals surface area contributed by atoms with Gasteiger partial charge in [-0.2, -0.15) is 0 Å². The molecule has 1 aliphatic rings. The number of ketones is 1. The van der Waals surface area contributed by atoms with Gasteiger partial charge in [0.15, 0.2) is 17.4 Å². The van der Waals surface area contributed by atoms with Crippen molar-refractivity contribution in [1.82, 2.24) is 4.90 Å². The highest BCUT2D eigenvalue weighted by molar-refractivity contribution is 6.08. The minimum absolute atomic E-state index is 0.160. The first-order valence-corrected chi connectivity index (χ1v) is 7.94. The smallest absolute Gasteiger partial charge is 0.193 e. The van der Waals surface area contributed by atoms with E-state index in [1.807, 2.05) is 12.1 Å². The molecule has 0 saturated carbocycles. The summed E-state index contributed by atoms with van der Waals surface area (Å²) < 4.78 is 26.2. The summed E-state index contributed by atoms with van der Waals surface area (Å²) >= 11 is 0. The van der Waals surface area contributed by atoms with E-state index in [0.29, 0.717) is 5.56 Å². The summed E-state index contributed by atoms with van der Waals surface area (Å²) in [6.07, 6.45) is 3.79. The Morgan fingerprint density at radius 1 is 0.870 bits per heavy atom. The van der Waals surface area contributed by atoms with E-state index < -0.39 is 11.6 Å². The number of nitrogens with zero attached hydrogens (tertiary/aromatic N) is 1. The number of hydrogen-bond acceptors (Lipinski definition) is 2. The fourth-order valence-electron chi connectivity index (χ4n) is 2.94. The molecule has 23 heavy (non-hydrogen) atoms. The summed E-state index contributed by atoms with van der Waals surface area (Å²) in [5, 5.41) is 0. The Balaban J connectivity index is 1.70. The molecule has 1 saturated heterocycles. The van der Waals surface area contributed by atoms with Crippen molar-refractivity contribution in [2.24, 2.45) is 0 Å². The fraction of sp³-hybridized carbons (Fsp3) is 0.316. The summed E-state index contributed by atoms with van der Waals surface area (Å²) in [4.78, 5) is 14.7. The van der Waals surface area contributed by atoms with Gasteiger partial charge in [0.1, 0.15) is 0 Å². The Hall–Kier alpha value is -2.07. The van der Waals surface area contributed by atoms with Crippen LogP contribution in [-0.4, -0.2) is 23.8 Å². The molecule has 1 heterocycles. The molecule has 1 aliphatic heterocycles. The van der Waals surface area contributed by atoms with Gasteiger partial charge in [0.05, 0.1) is 0 Å². The van der Waals surface area contributed by atoms with Crippen molar-refractivity contribution in [2.45, 2.75) is 25.8 Å². The second kappa shape index (κ2) is 7.01. The molecule has 120 valence electrons. The van der Waals surface area contributed by atoms with Crippen LogP contribution in [0, 0.1) is 11.6 Å². The molecule has 1 fully saturated rings. The molecule has 0 amide bonds. The van der Waals surface area contributed by atoms with E-state index in [0.717, 1.165) is 37.3 Å². The van der Waals surface area contributed by atoms with Crippen LogP contribution in [0.15, 0.2) is 42.5 Å². The second-order valence-electron chi connectivity index (χ2n) is 5.99. The maximum Gasteiger partial charge on any atom is 0.193 e. The summed E-state index contributed by atoms with van der Waals surface area (Å²) in [7, 11) is 0. The average Bonchev–Trinajstić information content (AvgIpc) is 2.58. The highest BCUT2D eigenvalue weighted by Gasteiger charge is 2.13. The van der Waals surface area contributed by atoms with Crippen molar-refractivity contribution in [3.8, 4) is 0 Å². The Labute approximate surface area is 134 Å². The number of carbonyl (C=O) groups excluding carboxylic acids is 1. The minimum atomic E-state index is -1.00. The summed E-state index contributed by atoms with van der Waals surface area (Å²) in [6, 6.07) is 10.6. The quantitative estimate of drug-likeness (QED) is 0.789. The van der Waals surface area contributed by atoms with Gasteiger partial charge >= 0.3 is 0 Å². The van der Waals surface area contributed by atoms with Crippen molar-refractivity contribution in [2.75, 3.05) is 13.1 Å². The van der Waals surface area contributed by atoms with E-state index in [1.54, 1.807) is 12.1 Å². The number of likely N-dealkylation sites (tertiary alicyclic amines) is 1. The van der Waals surface area contributed by atoms with Crippen LogP contribution in [0.3, 0.4) is 0 Å². The standard InChI is InChI=1S/C19H19F2NO/c20-17-9-8-16(12-18(17)21)19(23)15-6-4-14(5-7-15)13-22-10-2-1-3-11-22/h4-9,12H,1-3,10-11,13H2. The van der Waals surface area contributed by atoms with E-state index in [4.69, 9.17) is 0 Å². The second-order valence-corrected chi connectivity index (χ2v) is 5.99. The van der Waals surface area contributed by atoms with Gasteiger partial charge in [0.2, 0.25) is 0 Å². The zero-order chi connectivity index (χ0) is 16.2. The normalized spacial score (nSPS) is 15.6. The van der Waals surface area contributed by atoms with Crippen LogP contribution in [0.5, 0.6) is 0 Å². The molecule has 2 nitrogen and oxygen atoms in total. The number of piperidine rings is 1. The van der Waals surface area contributed by atoms with Crippen LogP contribution < -0.4 is 0 Å². The molecule has 3 rings (SSSR count). The SMILES string of the molecule is O=C(c1ccc(CN2CCCCC2)cc1)c1ccc(F)c(F)c1. The minimum Gasteiger partial charge on any atom is -0.299 e. The van der Waals surface area contributed by atoms with Crippen LogP contribution in [0.4, 0.5) is 8.78 Å². The van der Waals surface area contributed by atoms with Crippen LogP contribution in [-0.2, 0) is 6.54 Å². The zero-order valence-electron chi connectivity index (χ0n) is 12.9. The topological polar surface area (TPSA) is 20.3 Å². The number of halogens is 2. The van der Waals surface area contributed by atoms with Gasteiger partial charge < -0.3 is 0 Å². The van der Waals surface area contributed by atoms with E-state index in [-0.39, 0.29) is 11.3 Å². The number of benzene rings is 2. The molecule has 0 spiro atoms. The number of hydrogen-bond donors (Lipinski definition) is 0. The lowest BCUT2D eigenvalue weighted by atomic mass is 10.0. The Kier molecular flexibility index (Phi) is 4.82. The first kappa shape index (κ1) is 15.8. The predicted molar refractivity (Wildman–Crippen MR) is 85.4 cm³/mol. The van der Waals surface area contributed by atoms with E-state index in [9.17, 15) is 13.6 Å². The van der Waals surface area contributed by atoms with Crippen molar-refractivity contribution < 1.29 is 13.6 Å². The average molecular weight is 315 g/mol.